The minimum absolute atomic E-state index is 0.171. The highest BCUT2D eigenvalue weighted by Crippen LogP contribution is 2.46. The number of rotatable bonds is 6. The second kappa shape index (κ2) is 9.09. The van der Waals surface area contributed by atoms with Crippen LogP contribution >= 0.6 is 7.14 Å². The molecule has 4 heteroatoms. The van der Waals surface area contributed by atoms with Gasteiger partial charge in [-0.1, -0.05) is 91.0 Å². The summed E-state index contributed by atoms with van der Waals surface area (Å²) in [6.45, 7) is 1.40. The molecule has 1 aliphatic rings. The van der Waals surface area contributed by atoms with Gasteiger partial charge in [-0.2, -0.15) is 0 Å². The predicted molar refractivity (Wildman–Crippen MR) is 121 cm³/mol. The van der Waals surface area contributed by atoms with E-state index in [1.54, 1.807) is 0 Å². The van der Waals surface area contributed by atoms with Gasteiger partial charge in [0.2, 0.25) is 0 Å². The zero-order chi connectivity index (χ0) is 20.1. The third-order valence-electron chi connectivity index (χ3n) is 5.84. The van der Waals surface area contributed by atoms with Gasteiger partial charge in [0.15, 0.2) is 0 Å². The molecule has 1 heterocycles. The minimum atomic E-state index is -2.78. The Hall–Kier alpha value is -2.19. The standard InChI is InChI=1S/C25H28NO2P/c27-23-17-16-22(26(19-23)18-21-10-4-1-5-11-21)20-29(28,24-12-6-2-7-13-24)25-14-8-3-9-15-25/h1-15,22-23,27H,16-20H2/t22-,23+/m0/s1. The van der Waals surface area contributed by atoms with E-state index in [0.29, 0.717) is 12.7 Å². The summed E-state index contributed by atoms with van der Waals surface area (Å²) in [5.74, 6) is 0. The van der Waals surface area contributed by atoms with Gasteiger partial charge < -0.3 is 9.67 Å². The number of piperidine rings is 1. The first-order valence-electron chi connectivity index (χ1n) is 10.3. The van der Waals surface area contributed by atoms with E-state index < -0.39 is 7.14 Å². The average Bonchev–Trinajstić information content (AvgIpc) is 2.77. The summed E-state index contributed by atoms with van der Waals surface area (Å²) in [4.78, 5) is 2.32. The first-order valence-corrected chi connectivity index (χ1v) is 12.2. The summed E-state index contributed by atoms with van der Waals surface area (Å²) in [5, 5.41) is 12.1. The number of β-amino-alcohol motifs (C(OH)–C–C–N with tert-alkyl or cyclic N) is 1. The Kier molecular flexibility index (Phi) is 6.30. The van der Waals surface area contributed by atoms with Crippen molar-refractivity contribution in [2.24, 2.45) is 0 Å². The van der Waals surface area contributed by atoms with Crippen LogP contribution in [0.5, 0.6) is 0 Å². The quantitative estimate of drug-likeness (QED) is 0.630. The van der Waals surface area contributed by atoms with Gasteiger partial charge in [-0.15, -0.1) is 0 Å². The molecule has 1 saturated heterocycles. The van der Waals surface area contributed by atoms with E-state index >= 15 is 0 Å². The van der Waals surface area contributed by atoms with Crippen molar-refractivity contribution in [2.75, 3.05) is 12.7 Å². The van der Waals surface area contributed by atoms with Crippen LogP contribution in [0, 0.1) is 0 Å². The van der Waals surface area contributed by atoms with Crippen molar-refractivity contribution < 1.29 is 9.67 Å². The predicted octanol–water partition coefficient (Wildman–Crippen LogP) is 4.03. The SMILES string of the molecule is O=P(C[C@@H]1CC[C@@H](O)CN1Cc1ccccc1)(c1ccccc1)c1ccccc1. The van der Waals surface area contributed by atoms with E-state index in [0.717, 1.165) is 30.0 Å². The summed E-state index contributed by atoms with van der Waals surface area (Å²) >= 11 is 0. The molecule has 0 amide bonds. The van der Waals surface area contributed by atoms with Gasteiger partial charge in [-0.25, -0.2) is 0 Å². The summed E-state index contributed by atoms with van der Waals surface area (Å²) in [6, 6.07) is 30.3. The molecule has 1 fully saturated rings. The summed E-state index contributed by atoms with van der Waals surface area (Å²) in [6.07, 6.45) is 1.90. The molecule has 4 rings (SSSR count). The molecule has 2 atom stereocenters. The molecular formula is C25H28NO2P. The lowest BCUT2D eigenvalue weighted by atomic mass is 10.0. The van der Waals surface area contributed by atoms with Crippen LogP contribution in [0.25, 0.3) is 0 Å². The fourth-order valence-electron chi connectivity index (χ4n) is 4.29. The molecule has 0 radical (unpaired) electrons. The van der Waals surface area contributed by atoms with E-state index in [1.165, 1.54) is 5.56 Å². The first-order chi connectivity index (χ1) is 14.1. The van der Waals surface area contributed by atoms with E-state index in [-0.39, 0.29) is 12.1 Å². The van der Waals surface area contributed by atoms with Crippen LogP contribution in [-0.4, -0.2) is 34.9 Å². The van der Waals surface area contributed by atoms with Crippen LogP contribution in [0.2, 0.25) is 0 Å². The number of nitrogens with zero attached hydrogens (tertiary/aromatic N) is 1. The molecular weight excluding hydrogens is 377 g/mol. The maximum atomic E-state index is 14.5. The van der Waals surface area contributed by atoms with E-state index in [2.05, 4.69) is 17.0 Å². The molecule has 29 heavy (non-hydrogen) atoms. The van der Waals surface area contributed by atoms with Crippen LogP contribution in [0.1, 0.15) is 18.4 Å². The maximum Gasteiger partial charge on any atom is 0.144 e. The number of hydrogen-bond acceptors (Lipinski definition) is 3. The van der Waals surface area contributed by atoms with Gasteiger partial charge in [-0.05, 0) is 18.4 Å². The van der Waals surface area contributed by atoms with Gasteiger partial charge in [0.25, 0.3) is 0 Å². The highest BCUT2D eigenvalue weighted by Gasteiger charge is 2.36. The van der Waals surface area contributed by atoms with Crippen molar-refractivity contribution in [3.8, 4) is 0 Å². The van der Waals surface area contributed by atoms with E-state index in [9.17, 15) is 9.67 Å². The Morgan fingerprint density at radius 1 is 0.793 bits per heavy atom. The van der Waals surface area contributed by atoms with Gasteiger partial charge in [0, 0.05) is 35.9 Å². The molecule has 3 aromatic rings. The highest BCUT2D eigenvalue weighted by molar-refractivity contribution is 7.78. The van der Waals surface area contributed by atoms with Crippen LogP contribution in [0.4, 0.5) is 0 Å². The zero-order valence-electron chi connectivity index (χ0n) is 16.6. The molecule has 0 spiro atoms. The monoisotopic (exact) mass is 405 g/mol. The van der Waals surface area contributed by atoms with Crippen molar-refractivity contribution in [1.29, 1.82) is 0 Å². The normalized spacial score (nSPS) is 20.4. The zero-order valence-corrected chi connectivity index (χ0v) is 17.5. The van der Waals surface area contributed by atoms with Crippen molar-refractivity contribution in [1.82, 2.24) is 4.90 Å². The molecule has 0 saturated carbocycles. The van der Waals surface area contributed by atoms with Gasteiger partial charge in [-0.3, -0.25) is 4.90 Å². The second-order valence-corrected chi connectivity index (χ2v) is 10.8. The number of hydrogen-bond donors (Lipinski definition) is 1. The number of benzene rings is 3. The minimum Gasteiger partial charge on any atom is -0.392 e. The van der Waals surface area contributed by atoms with Crippen molar-refractivity contribution >= 4 is 17.8 Å². The lowest BCUT2D eigenvalue weighted by molar-refractivity contribution is 0.0374. The van der Waals surface area contributed by atoms with Crippen LogP contribution in [-0.2, 0) is 11.1 Å². The number of likely N-dealkylation sites (tertiary alicyclic amines) is 1. The molecule has 1 aliphatic heterocycles. The molecule has 150 valence electrons. The Bertz CT molecular complexity index is 903. The lowest BCUT2D eigenvalue weighted by Crippen LogP contribution is -2.47. The fraction of sp³-hybridized carbons (Fsp3) is 0.280. The highest BCUT2D eigenvalue weighted by atomic mass is 31.2. The Morgan fingerprint density at radius 3 is 1.86 bits per heavy atom. The maximum absolute atomic E-state index is 14.5. The molecule has 0 unspecified atom stereocenters. The third kappa shape index (κ3) is 4.70. The second-order valence-electron chi connectivity index (χ2n) is 7.89. The Morgan fingerprint density at radius 2 is 1.31 bits per heavy atom. The van der Waals surface area contributed by atoms with Crippen molar-refractivity contribution in [3.63, 3.8) is 0 Å². The summed E-state index contributed by atoms with van der Waals surface area (Å²) in [5.41, 5.74) is 1.22. The third-order valence-corrected chi connectivity index (χ3v) is 9.04. The smallest absolute Gasteiger partial charge is 0.144 e. The molecule has 0 aromatic heterocycles. The number of aliphatic hydroxyl groups excluding tert-OH is 1. The van der Waals surface area contributed by atoms with Crippen molar-refractivity contribution in [2.45, 2.75) is 31.5 Å². The van der Waals surface area contributed by atoms with Crippen LogP contribution in [0.15, 0.2) is 91.0 Å². The number of aliphatic hydroxyl groups is 1. The van der Waals surface area contributed by atoms with Gasteiger partial charge >= 0.3 is 0 Å². The Balaban J connectivity index is 1.66. The molecule has 3 nitrogen and oxygen atoms in total. The summed E-state index contributed by atoms with van der Waals surface area (Å²) in [7, 11) is -2.78. The van der Waals surface area contributed by atoms with Gasteiger partial charge in [0.1, 0.15) is 7.14 Å². The lowest BCUT2D eigenvalue weighted by Gasteiger charge is -2.39. The first kappa shape index (κ1) is 20.1. The van der Waals surface area contributed by atoms with E-state index in [1.807, 2.05) is 78.9 Å². The fourth-order valence-corrected chi connectivity index (χ4v) is 7.33. The molecule has 0 bridgehead atoms. The summed E-state index contributed by atoms with van der Waals surface area (Å²) < 4.78 is 14.5. The molecule has 1 N–H and O–H groups in total. The molecule has 0 aliphatic carbocycles. The van der Waals surface area contributed by atoms with Crippen LogP contribution < -0.4 is 10.6 Å². The average molecular weight is 405 g/mol. The largest absolute Gasteiger partial charge is 0.392 e. The topological polar surface area (TPSA) is 40.5 Å². The Labute approximate surface area is 173 Å². The van der Waals surface area contributed by atoms with Crippen molar-refractivity contribution in [3.05, 3.63) is 96.6 Å². The van der Waals surface area contributed by atoms with Crippen LogP contribution in [0.3, 0.4) is 0 Å². The van der Waals surface area contributed by atoms with Gasteiger partial charge in [0.05, 0.1) is 6.10 Å². The van der Waals surface area contributed by atoms with E-state index in [4.69, 9.17) is 0 Å². The molecule has 3 aromatic carbocycles.